The molecule has 1 rings (SSSR count). The van der Waals surface area contributed by atoms with E-state index in [1.54, 1.807) is 19.1 Å². The standard InChI is InChI=1S/C11H16FN/c1-9(8-13)11(2,12)10-6-4-3-5-7-10/h3-7,9H,8,13H2,1-2H3. The van der Waals surface area contributed by atoms with E-state index in [1.165, 1.54) is 0 Å². The van der Waals surface area contributed by atoms with Crippen molar-refractivity contribution in [1.29, 1.82) is 0 Å². The molecule has 72 valence electrons. The fraction of sp³-hybridized carbons (Fsp3) is 0.455. The summed E-state index contributed by atoms with van der Waals surface area (Å²) >= 11 is 0. The first-order chi connectivity index (χ1) is 6.09. The van der Waals surface area contributed by atoms with Crippen LogP contribution in [0.5, 0.6) is 0 Å². The van der Waals surface area contributed by atoms with E-state index in [0.717, 1.165) is 0 Å². The summed E-state index contributed by atoms with van der Waals surface area (Å²) in [7, 11) is 0. The van der Waals surface area contributed by atoms with Crippen LogP contribution in [0.25, 0.3) is 0 Å². The molecular weight excluding hydrogens is 165 g/mol. The summed E-state index contributed by atoms with van der Waals surface area (Å²) in [6.07, 6.45) is 0. The predicted molar refractivity (Wildman–Crippen MR) is 53.1 cm³/mol. The van der Waals surface area contributed by atoms with Crippen molar-refractivity contribution in [2.75, 3.05) is 6.54 Å². The van der Waals surface area contributed by atoms with Gasteiger partial charge in [0.2, 0.25) is 0 Å². The molecule has 0 spiro atoms. The molecule has 1 aromatic rings. The number of benzene rings is 1. The summed E-state index contributed by atoms with van der Waals surface area (Å²) in [5, 5.41) is 0. The average Bonchev–Trinajstić information content (AvgIpc) is 2.18. The van der Waals surface area contributed by atoms with E-state index >= 15 is 0 Å². The van der Waals surface area contributed by atoms with Crippen molar-refractivity contribution in [3.63, 3.8) is 0 Å². The summed E-state index contributed by atoms with van der Waals surface area (Å²) < 4.78 is 14.1. The molecule has 2 heteroatoms. The quantitative estimate of drug-likeness (QED) is 0.761. The van der Waals surface area contributed by atoms with Crippen molar-refractivity contribution in [2.45, 2.75) is 19.5 Å². The second-order valence-corrected chi connectivity index (χ2v) is 3.58. The van der Waals surface area contributed by atoms with Gasteiger partial charge in [-0.15, -0.1) is 0 Å². The highest BCUT2D eigenvalue weighted by molar-refractivity contribution is 5.22. The SMILES string of the molecule is CC(CN)C(C)(F)c1ccccc1. The fourth-order valence-corrected chi connectivity index (χ4v) is 1.27. The van der Waals surface area contributed by atoms with Crippen LogP contribution in [0.4, 0.5) is 4.39 Å². The molecule has 0 amide bonds. The molecule has 2 unspecified atom stereocenters. The number of rotatable bonds is 3. The van der Waals surface area contributed by atoms with E-state index < -0.39 is 5.67 Å². The third-order valence-electron chi connectivity index (χ3n) is 2.62. The topological polar surface area (TPSA) is 26.0 Å². The lowest BCUT2D eigenvalue weighted by Gasteiger charge is -2.26. The van der Waals surface area contributed by atoms with Crippen LogP contribution in [0.2, 0.25) is 0 Å². The molecule has 0 saturated carbocycles. The molecule has 0 heterocycles. The molecule has 1 aromatic carbocycles. The number of hydrogen-bond acceptors (Lipinski definition) is 1. The minimum Gasteiger partial charge on any atom is -0.330 e. The Morgan fingerprint density at radius 2 is 1.92 bits per heavy atom. The normalized spacial score (nSPS) is 17.8. The Morgan fingerprint density at radius 3 is 2.38 bits per heavy atom. The van der Waals surface area contributed by atoms with Crippen molar-refractivity contribution in [1.82, 2.24) is 0 Å². The van der Waals surface area contributed by atoms with Crippen LogP contribution in [0, 0.1) is 5.92 Å². The second kappa shape index (κ2) is 3.88. The van der Waals surface area contributed by atoms with Crippen molar-refractivity contribution >= 4 is 0 Å². The molecule has 0 saturated heterocycles. The second-order valence-electron chi connectivity index (χ2n) is 3.58. The van der Waals surface area contributed by atoms with Crippen LogP contribution >= 0.6 is 0 Å². The van der Waals surface area contributed by atoms with Crippen molar-refractivity contribution in [3.8, 4) is 0 Å². The van der Waals surface area contributed by atoms with Crippen LogP contribution < -0.4 is 5.73 Å². The van der Waals surface area contributed by atoms with Gasteiger partial charge in [0, 0.05) is 5.92 Å². The van der Waals surface area contributed by atoms with E-state index in [-0.39, 0.29) is 5.92 Å². The van der Waals surface area contributed by atoms with Gasteiger partial charge in [-0.05, 0) is 19.0 Å². The lowest BCUT2D eigenvalue weighted by molar-refractivity contribution is 0.117. The Morgan fingerprint density at radius 1 is 1.38 bits per heavy atom. The van der Waals surface area contributed by atoms with Gasteiger partial charge in [0.1, 0.15) is 5.67 Å². The Bertz CT molecular complexity index is 256. The summed E-state index contributed by atoms with van der Waals surface area (Å²) in [6.45, 7) is 3.77. The highest BCUT2D eigenvalue weighted by atomic mass is 19.1. The molecule has 0 fully saturated rings. The van der Waals surface area contributed by atoms with E-state index in [0.29, 0.717) is 12.1 Å². The molecule has 1 nitrogen and oxygen atoms in total. The van der Waals surface area contributed by atoms with Gasteiger partial charge in [0.25, 0.3) is 0 Å². The minimum atomic E-state index is -1.32. The van der Waals surface area contributed by atoms with Crippen molar-refractivity contribution < 1.29 is 4.39 Å². The summed E-state index contributed by atoms with van der Waals surface area (Å²) in [5.41, 5.74) is 4.83. The van der Waals surface area contributed by atoms with Crippen LogP contribution in [-0.2, 0) is 5.67 Å². The van der Waals surface area contributed by atoms with E-state index in [9.17, 15) is 4.39 Å². The van der Waals surface area contributed by atoms with Gasteiger partial charge in [-0.1, -0.05) is 37.3 Å². The summed E-state index contributed by atoms with van der Waals surface area (Å²) in [6, 6.07) is 9.16. The summed E-state index contributed by atoms with van der Waals surface area (Å²) in [5.74, 6) is -0.158. The molecule has 2 N–H and O–H groups in total. The third kappa shape index (κ3) is 2.07. The highest BCUT2D eigenvalue weighted by Crippen LogP contribution is 2.32. The molecule has 13 heavy (non-hydrogen) atoms. The van der Waals surface area contributed by atoms with Crippen molar-refractivity contribution in [3.05, 3.63) is 35.9 Å². The first kappa shape index (κ1) is 10.2. The summed E-state index contributed by atoms with van der Waals surface area (Å²) in [4.78, 5) is 0. The van der Waals surface area contributed by atoms with Crippen LogP contribution in [0.15, 0.2) is 30.3 Å². The number of nitrogens with two attached hydrogens (primary N) is 1. The third-order valence-corrected chi connectivity index (χ3v) is 2.62. The van der Waals surface area contributed by atoms with Gasteiger partial charge in [-0.3, -0.25) is 0 Å². The lowest BCUT2D eigenvalue weighted by atomic mass is 9.86. The Labute approximate surface area is 78.8 Å². The Hall–Kier alpha value is -0.890. The maximum Gasteiger partial charge on any atom is 0.136 e. The van der Waals surface area contributed by atoms with Gasteiger partial charge in [-0.2, -0.15) is 0 Å². The largest absolute Gasteiger partial charge is 0.330 e. The molecule has 0 aliphatic carbocycles. The average molecular weight is 181 g/mol. The smallest absolute Gasteiger partial charge is 0.136 e. The number of halogens is 1. The monoisotopic (exact) mass is 181 g/mol. The predicted octanol–water partition coefficient (Wildman–Crippen LogP) is 2.47. The molecule has 0 bridgehead atoms. The molecule has 0 aliphatic rings. The lowest BCUT2D eigenvalue weighted by Crippen LogP contribution is -2.30. The van der Waals surface area contributed by atoms with Crippen LogP contribution in [0.3, 0.4) is 0 Å². The zero-order valence-corrected chi connectivity index (χ0v) is 8.13. The first-order valence-corrected chi connectivity index (χ1v) is 4.53. The number of hydrogen-bond donors (Lipinski definition) is 1. The van der Waals surface area contributed by atoms with E-state index in [1.807, 2.05) is 25.1 Å². The van der Waals surface area contributed by atoms with Gasteiger partial charge in [-0.25, -0.2) is 4.39 Å². The maximum absolute atomic E-state index is 14.1. The van der Waals surface area contributed by atoms with Gasteiger partial charge >= 0.3 is 0 Å². The maximum atomic E-state index is 14.1. The van der Waals surface area contributed by atoms with Gasteiger partial charge < -0.3 is 5.73 Å². The Kier molecular flexibility index (Phi) is 3.04. The highest BCUT2D eigenvalue weighted by Gasteiger charge is 2.31. The van der Waals surface area contributed by atoms with Crippen LogP contribution in [-0.4, -0.2) is 6.54 Å². The van der Waals surface area contributed by atoms with Crippen LogP contribution in [0.1, 0.15) is 19.4 Å². The number of alkyl halides is 1. The minimum absolute atomic E-state index is 0.158. The van der Waals surface area contributed by atoms with Gasteiger partial charge in [0.15, 0.2) is 0 Å². The zero-order valence-electron chi connectivity index (χ0n) is 8.13. The molecular formula is C11H16FN. The molecule has 0 aromatic heterocycles. The molecule has 0 aliphatic heterocycles. The molecule has 2 atom stereocenters. The van der Waals surface area contributed by atoms with Gasteiger partial charge in [0.05, 0.1) is 0 Å². The Balaban J connectivity index is 2.93. The van der Waals surface area contributed by atoms with E-state index in [2.05, 4.69) is 0 Å². The zero-order chi connectivity index (χ0) is 9.90. The van der Waals surface area contributed by atoms with Crippen molar-refractivity contribution in [2.24, 2.45) is 11.7 Å². The first-order valence-electron chi connectivity index (χ1n) is 4.53. The van der Waals surface area contributed by atoms with E-state index in [4.69, 9.17) is 5.73 Å². The fourth-order valence-electron chi connectivity index (χ4n) is 1.27. The molecule has 0 radical (unpaired) electrons.